The summed E-state index contributed by atoms with van der Waals surface area (Å²) in [5.74, 6) is -0.691. The number of nitrogens with zero attached hydrogens (tertiary/aromatic N) is 2. The second-order valence-electron chi connectivity index (χ2n) is 8.03. The maximum absolute atomic E-state index is 13.1. The predicted molar refractivity (Wildman–Crippen MR) is 129 cm³/mol. The molecule has 0 unspecified atom stereocenters. The highest BCUT2D eigenvalue weighted by atomic mass is 32.2. The Hall–Kier alpha value is -3.43. The number of benzene rings is 3. The lowest BCUT2D eigenvalue weighted by Crippen LogP contribution is -2.37. The minimum atomic E-state index is -3.86. The van der Waals surface area contributed by atoms with Crippen LogP contribution in [0.5, 0.6) is 0 Å². The zero-order chi connectivity index (χ0) is 24.1. The summed E-state index contributed by atoms with van der Waals surface area (Å²) in [5.41, 5.74) is 2.89. The fourth-order valence-corrected chi connectivity index (χ4v) is 4.87. The van der Waals surface area contributed by atoms with Gasteiger partial charge in [0.1, 0.15) is 5.82 Å². The summed E-state index contributed by atoms with van der Waals surface area (Å²) < 4.78 is 45.9. The highest BCUT2D eigenvalue weighted by Gasteiger charge is 2.19. The number of anilines is 2. The number of amides is 1. The quantitative estimate of drug-likeness (QED) is 0.554. The van der Waals surface area contributed by atoms with Crippen molar-refractivity contribution in [3.63, 3.8) is 0 Å². The number of ether oxygens (including phenoxy) is 1. The molecule has 4 rings (SSSR count). The second kappa shape index (κ2) is 10.2. The van der Waals surface area contributed by atoms with Gasteiger partial charge in [-0.3, -0.25) is 9.52 Å². The Balaban J connectivity index is 1.43. The molecule has 7 nitrogen and oxygen atoms in total. The van der Waals surface area contributed by atoms with Gasteiger partial charge in [-0.1, -0.05) is 18.2 Å². The Bertz CT molecular complexity index is 1240. The number of nitrogens with one attached hydrogen (secondary N) is 1. The van der Waals surface area contributed by atoms with Crippen molar-refractivity contribution in [2.24, 2.45) is 0 Å². The van der Waals surface area contributed by atoms with E-state index in [2.05, 4.69) is 15.7 Å². The average molecular weight is 484 g/mol. The molecule has 0 aromatic heterocycles. The van der Waals surface area contributed by atoms with Gasteiger partial charge in [-0.25, -0.2) is 12.8 Å². The topological polar surface area (TPSA) is 79.0 Å². The number of halogens is 1. The molecule has 0 spiro atoms. The van der Waals surface area contributed by atoms with E-state index in [9.17, 15) is 17.6 Å². The maximum atomic E-state index is 13.1. The summed E-state index contributed by atoms with van der Waals surface area (Å²) in [7, 11) is -2.12. The molecule has 0 atom stereocenters. The summed E-state index contributed by atoms with van der Waals surface area (Å²) in [6, 6.07) is 18.8. The largest absolute Gasteiger partial charge is 0.378 e. The molecule has 0 bridgehead atoms. The number of hydrogen-bond donors (Lipinski definition) is 1. The van der Waals surface area contributed by atoms with Crippen LogP contribution in [-0.4, -0.2) is 52.6 Å². The minimum absolute atomic E-state index is 0.0484. The molecule has 0 radical (unpaired) electrons. The normalized spacial score (nSPS) is 14.0. The fourth-order valence-electron chi connectivity index (χ4n) is 3.81. The van der Waals surface area contributed by atoms with Gasteiger partial charge >= 0.3 is 0 Å². The Kier molecular flexibility index (Phi) is 7.14. The molecule has 3 aromatic carbocycles. The van der Waals surface area contributed by atoms with E-state index in [1.807, 2.05) is 18.2 Å². The monoisotopic (exact) mass is 483 g/mol. The van der Waals surface area contributed by atoms with Crippen LogP contribution < -0.4 is 9.62 Å². The molecule has 9 heteroatoms. The lowest BCUT2D eigenvalue weighted by Gasteiger charge is -2.31. The first-order valence-electron chi connectivity index (χ1n) is 10.9. The summed E-state index contributed by atoms with van der Waals surface area (Å²) in [6.45, 7) is 3.42. The van der Waals surface area contributed by atoms with Crippen molar-refractivity contribution in [1.29, 1.82) is 0 Å². The lowest BCUT2D eigenvalue weighted by molar-refractivity contribution is 0.0785. The average Bonchev–Trinajstić information content (AvgIpc) is 2.85. The van der Waals surface area contributed by atoms with Crippen LogP contribution in [0.3, 0.4) is 0 Å². The van der Waals surface area contributed by atoms with Crippen LogP contribution >= 0.6 is 0 Å². The van der Waals surface area contributed by atoms with Crippen molar-refractivity contribution < 1.29 is 22.3 Å². The third kappa shape index (κ3) is 5.55. The Morgan fingerprint density at radius 2 is 1.65 bits per heavy atom. The van der Waals surface area contributed by atoms with Crippen molar-refractivity contribution in [2.45, 2.75) is 11.4 Å². The molecule has 1 N–H and O–H groups in total. The minimum Gasteiger partial charge on any atom is -0.378 e. The smallest absolute Gasteiger partial charge is 0.261 e. The molecule has 1 fully saturated rings. The summed E-state index contributed by atoms with van der Waals surface area (Å²) in [5, 5.41) is 0. The van der Waals surface area contributed by atoms with Gasteiger partial charge in [0.25, 0.3) is 15.9 Å². The molecule has 3 aromatic rings. The highest BCUT2D eigenvalue weighted by molar-refractivity contribution is 7.92. The molecule has 0 saturated carbocycles. The number of hydrogen-bond acceptors (Lipinski definition) is 5. The van der Waals surface area contributed by atoms with Crippen LogP contribution in [0.15, 0.2) is 77.7 Å². The van der Waals surface area contributed by atoms with Crippen molar-refractivity contribution in [1.82, 2.24) is 4.90 Å². The zero-order valence-corrected chi connectivity index (χ0v) is 19.6. The Labute approximate surface area is 198 Å². The molecule has 178 valence electrons. The predicted octanol–water partition coefficient (Wildman–Crippen LogP) is 3.74. The molecule has 1 aliphatic heterocycles. The number of carbonyl (C=O) groups is 1. The van der Waals surface area contributed by atoms with E-state index < -0.39 is 15.8 Å². The molecule has 1 amide bonds. The first kappa shape index (κ1) is 23.7. The van der Waals surface area contributed by atoms with Crippen molar-refractivity contribution in [2.75, 3.05) is 43.0 Å². The molecule has 0 aliphatic carbocycles. The van der Waals surface area contributed by atoms with Crippen LogP contribution in [-0.2, 0) is 21.3 Å². The van der Waals surface area contributed by atoms with Crippen LogP contribution in [0, 0.1) is 5.82 Å². The van der Waals surface area contributed by atoms with Gasteiger partial charge in [0.15, 0.2) is 0 Å². The molecule has 1 aliphatic rings. The summed E-state index contributed by atoms with van der Waals surface area (Å²) in [4.78, 5) is 16.9. The van der Waals surface area contributed by atoms with Crippen LogP contribution in [0.1, 0.15) is 15.9 Å². The number of sulfonamides is 1. The molecule has 1 heterocycles. The van der Waals surface area contributed by atoms with Gasteiger partial charge in [0.05, 0.1) is 18.1 Å². The van der Waals surface area contributed by atoms with Crippen LogP contribution in [0.25, 0.3) is 0 Å². The molecule has 1 saturated heterocycles. The van der Waals surface area contributed by atoms with E-state index >= 15 is 0 Å². The van der Waals surface area contributed by atoms with Crippen molar-refractivity contribution >= 4 is 27.3 Å². The third-order valence-electron chi connectivity index (χ3n) is 5.61. The third-order valence-corrected chi connectivity index (χ3v) is 7.00. The summed E-state index contributed by atoms with van der Waals surface area (Å²) in [6.07, 6.45) is 0. The number of rotatable bonds is 7. The van der Waals surface area contributed by atoms with E-state index in [0.717, 1.165) is 36.5 Å². The number of para-hydroxylation sites is 1. The van der Waals surface area contributed by atoms with Crippen molar-refractivity contribution in [3.05, 3.63) is 89.7 Å². The standard InChI is InChI=1S/C25H26FN3O4S/c1-28(18-20-4-2-3-5-24(20)29-14-16-33-17-15-29)25(30)19-6-10-22(11-7-19)27-34(31,32)23-12-8-21(26)9-13-23/h2-13,27H,14-18H2,1H3. The molecular weight excluding hydrogens is 457 g/mol. The van der Waals surface area contributed by atoms with E-state index in [1.54, 1.807) is 24.1 Å². The van der Waals surface area contributed by atoms with Gasteiger partial charge in [-0.05, 0) is 60.2 Å². The van der Waals surface area contributed by atoms with E-state index in [1.165, 1.54) is 24.3 Å². The van der Waals surface area contributed by atoms with Gasteiger partial charge in [0, 0.05) is 43.6 Å². The van der Waals surface area contributed by atoms with Gasteiger partial charge in [-0.15, -0.1) is 0 Å². The van der Waals surface area contributed by atoms with E-state index in [-0.39, 0.29) is 10.8 Å². The van der Waals surface area contributed by atoms with E-state index in [0.29, 0.717) is 31.0 Å². The Morgan fingerprint density at radius 1 is 1.00 bits per heavy atom. The molecule has 34 heavy (non-hydrogen) atoms. The van der Waals surface area contributed by atoms with Gasteiger partial charge in [-0.2, -0.15) is 0 Å². The SMILES string of the molecule is CN(Cc1ccccc1N1CCOCC1)C(=O)c1ccc(NS(=O)(=O)c2ccc(F)cc2)cc1. The maximum Gasteiger partial charge on any atom is 0.261 e. The number of carbonyl (C=O) groups excluding carboxylic acids is 1. The highest BCUT2D eigenvalue weighted by Crippen LogP contribution is 2.24. The summed E-state index contributed by atoms with van der Waals surface area (Å²) >= 11 is 0. The van der Waals surface area contributed by atoms with Gasteiger partial charge in [0.2, 0.25) is 0 Å². The second-order valence-corrected chi connectivity index (χ2v) is 9.71. The van der Waals surface area contributed by atoms with Gasteiger partial charge < -0.3 is 14.5 Å². The zero-order valence-electron chi connectivity index (χ0n) is 18.8. The Morgan fingerprint density at radius 3 is 2.32 bits per heavy atom. The first-order valence-corrected chi connectivity index (χ1v) is 12.4. The fraction of sp³-hybridized carbons (Fsp3) is 0.240. The van der Waals surface area contributed by atoms with Crippen LogP contribution in [0.2, 0.25) is 0 Å². The molecular formula is C25H26FN3O4S. The van der Waals surface area contributed by atoms with Crippen LogP contribution in [0.4, 0.5) is 15.8 Å². The lowest BCUT2D eigenvalue weighted by atomic mass is 10.1. The number of morpholine rings is 1. The first-order chi connectivity index (χ1) is 16.3. The van der Waals surface area contributed by atoms with Crippen molar-refractivity contribution in [3.8, 4) is 0 Å². The van der Waals surface area contributed by atoms with E-state index in [4.69, 9.17) is 4.74 Å².